The predicted molar refractivity (Wildman–Crippen MR) is 101 cm³/mol. The average molecular weight is 334 g/mol. The molecule has 0 unspecified atom stereocenters. The highest BCUT2D eigenvalue weighted by Gasteiger charge is 2.10. The molecule has 2 N–H and O–H groups in total. The standard InChI is InChI=1S/C20H22N4O/c1-14-4-8-16(9-5-14)18-12-19(23-22-18)20(25)21-13-15-6-10-17(11-7-15)24(2)3/h4-12H,13H2,1-3H3,(H,21,25)(H,22,23). The summed E-state index contributed by atoms with van der Waals surface area (Å²) in [5.41, 5.74) is 5.59. The summed E-state index contributed by atoms with van der Waals surface area (Å²) in [4.78, 5) is 14.3. The first-order valence-corrected chi connectivity index (χ1v) is 8.20. The molecule has 0 aliphatic carbocycles. The summed E-state index contributed by atoms with van der Waals surface area (Å²) >= 11 is 0. The maximum atomic E-state index is 12.3. The van der Waals surface area contributed by atoms with Gasteiger partial charge in [0.1, 0.15) is 5.69 Å². The van der Waals surface area contributed by atoms with Crippen LogP contribution in [0.2, 0.25) is 0 Å². The van der Waals surface area contributed by atoms with Gasteiger partial charge in [0, 0.05) is 31.9 Å². The molecular weight excluding hydrogens is 312 g/mol. The van der Waals surface area contributed by atoms with Crippen LogP contribution in [0.3, 0.4) is 0 Å². The van der Waals surface area contributed by atoms with Crippen LogP contribution in [0.5, 0.6) is 0 Å². The molecule has 25 heavy (non-hydrogen) atoms. The molecule has 1 aromatic heterocycles. The van der Waals surface area contributed by atoms with Gasteiger partial charge in [0.05, 0.1) is 5.69 Å². The van der Waals surface area contributed by atoms with E-state index < -0.39 is 0 Å². The van der Waals surface area contributed by atoms with E-state index in [1.807, 2.05) is 74.4 Å². The van der Waals surface area contributed by atoms with Gasteiger partial charge in [-0.3, -0.25) is 9.89 Å². The molecule has 0 atom stereocenters. The number of hydrogen-bond acceptors (Lipinski definition) is 3. The molecule has 3 rings (SSSR count). The van der Waals surface area contributed by atoms with Gasteiger partial charge in [-0.25, -0.2) is 0 Å². The number of nitrogens with one attached hydrogen (secondary N) is 2. The molecule has 0 fully saturated rings. The van der Waals surface area contributed by atoms with Crippen LogP contribution < -0.4 is 10.2 Å². The second kappa shape index (κ2) is 7.21. The number of carbonyl (C=O) groups excluding carboxylic acids is 1. The Labute approximate surface area is 147 Å². The molecule has 0 saturated carbocycles. The summed E-state index contributed by atoms with van der Waals surface area (Å²) < 4.78 is 0. The lowest BCUT2D eigenvalue weighted by Crippen LogP contribution is -2.23. The lowest BCUT2D eigenvalue weighted by Gasteiger charge is -2.12. The third kappa shape index (κ3) is 4.07. The third-order valence-electron chi connectivity index (χ3n) is 4.08. The Hall–Kier alpha value is -3.08. The minimum absolute atomic E-state index is 0.164. The molecule has 0 aliphatic rings. The number of rotatable bonds is 5. The van der Waals surface area contributed by atoms with Gasteiger partial charge in [-0.1, -0.05) is 42.0 Å². The Morgan fingerprint density at radius 1 is 1.08 bits per heavy atom. The summed E-state index contributed by atoms with van der Waals surface area (Å²) in [6.45, 7) is 2.52. The maximum absolute atomic E-state index is 12.3. The summed E-state index contributed by atoms with van der Waals surface area (Å²) in [6.07, 6.45) is 0. The number of amides is 1. The van der Waals surface area contributed by atoms with Gasteiger partial charge in [0.15, 0.2) is 0 Å². The van der Waals surface area contributed by atoms with E-state index in [-0.39, 0.29) is 5.91 Å². The Bertz CT molecular complexity index is 848. The second-order valence-electron chi connectivity index (χ2n) is 6.28. The van der Waals surface area contributed by atoms with Crippen LogP contribution in [-0.2, 0) is 6.54 Å². The summed E-state index contributed by atoms with van der Waals surface area (Å²) in [6, 6.07) is 17.9. The molecule has 1 amide bonds. The molecule has 5 nitrogen and oxygen atoms in total. The van der Waals surface area contributed by atoms with Crippen molar-refractivity contribution in [1.29, 1.82) is 0 Å². The van der Waals surface area contributed by atoms with Crippen LogP contribution in [0.1, 0.15) is 21.6 Å². The maximum Gasteiger partial charge on any atom is 0.269 e. The van der Waals surface area contributed by atoms with Crippen molar-refractivity contribution in [1.82, 2.24) is 15.5 Å². The number of aromatic amines is 1. The van der Waals surface area contributed by atoms with Gasteiger partial charge < -0.3 is 10.2 Å². The second-order valence-corrected chi connectivity index (χ2v) is 6.28. The molecule has 128 valence electrons. The lowest BCUT2D eigenvalue weighted by molar-refractivity contribution is 0.0946. The normalized spacial score (nSPS) is 10.5. The lowest BCUT2D eigenvalue weighted by atomic mass is 10.1. The Balaban J connectivity index is 1.63. The van der Waals surface area contributed by atoms with E-state index >= 15 is 0 Å². The van der Waals surface area contributed by atoms with Crippen molar-refractivity contribution < 1.29 is 4.79 Å². The molecule has 2 aromatic carbocycles. The molecule has 0 bridgehead atoms. The number of nitrogens with zero attached hydrogens (tertiary/aromatic N) is 2. The van der Waals surface area contributed by atoms with Crippen molar-refractivity contribution in [2.24, 2.45) is 0 Å². The number of aryl methyl sites for hydroxylation is 1. The highest BCUT2D eigenvalue weighted by atomic mass is 16.1. The van der Waals surface area contributed by atoms with E-state index in [9.17, 15) is 4.79 Å². The molecule has 3 aromatic rings. The zero-order chi connectivity index (χ0) is 17.8. The van der Waals surface area contributed by atoms with Crippen LogP contribution in [-0.4, -0.2) is 30.2 Å². The van der Waals surface area contributed by atoms with E-state index in [0.29, 0.717) is 12.2 Å². The fourth-order valence-corrected chi connectivity index (χ4v) is 2.50. The third-order valence-corrected chi connectivity index (χ3v) is 4.08. The smallest absolute Gasteiger partial charge is 0.269 e. The summed E-state index contributed by atoms with van der Waals surface area (Å²) in [5.74, 6) is -0.164. The van der Waals surface area contributed by atoms with E-state index in [1.165, 1.54) is 5.56 Å². The number of carbonyl (C=O) groups is 1. The van der Waals surface area contributed by atoms with E-state index in [0.717, 1.165) is 22.5 Å². The predicted octanol–water partition coefficient (Wildman–Crippen LogP) is 3.38. The molecule has 5 heteroatoms. The van der Waals surface area contributed by atoms with Gasteiger partial charge in [0.2, 0.25) is 0 Å². The zero-order valence-corrected chi connectivity index (χ0v) is 14.7. The van der Waals surface area contributed by atoms with Crippen molar-refractivity contribution in [3.05, 3.63) is 71.4 Å². The van der Waals surface area contributed by atoms with E-state index in [4.69, 9.17) is 0 Å². The van der Waals surface area contributed by atoms with Crippen LogP contribution in [0.4, 0.5) is 5.69 Å². The Morgan fingerprint density at radius 2 is 1.76 bits per heavy atom. The summed E-state index contributed by atoms with van der Waals surface area (Å²) in [5, 5.41) is 9.96. The van der Waals surface area contributed by atoms with Gasteiger partial charge in [-0.2, -0.15) is 5.10 Å². The molecular formula is C20H22N4O. The van der Waals surface area contributed by atoms with Crippen molar-refractivity contribution >= 4 is 11.6 Å². The molecule has 0 saturated heterocycles. The molecule has 0 radical (unpaired) electrons. The van der Waals surface area contributed by atoms with Gasteiger partial charge in [0.25, 0.3) is 5.91 Å². The average Bonchev–Trinajstić information content (AvgIpc) is 3.11. The highest BCUT2D eigenvalue weighted by molar-refractivity contribution is 5.93. The van der Waals surface area contributed by atoms with Gasteiger partial charge in [-0.15, -0.1) is 0 Å². The topological polar surface area (TPSA) is 61.0 Å². The minimum Gasteiger partial charge on any atom is -0.378 e. The van der Waals surface area contributed by atoms with Crippen molar-refractivity contribution in [3.8, 4) is 11.3 Å². The van der Waals surface area contributed by atoms with Crippen molar-refractivity contribution in [2.45, 2.75) is 13.5 Å². The van der Waals surface area contributed by atoms with Gasteiger partial charge >= 0.3 is 0 Å². The zero-order valence-electron chi connectivity index (χ0n) is 14.7. The molecule has 1 heterocycles. The van der Waals surface area contributed by atoms with Gasteiger partial charge in [-0.05, 0) is 30.7 Å². The first kappa shape index (κ1) is 16.8. The summed E-state index contributed by atoms with van der Waals surface area (Å²) in [7, 11) is 4.00. The molecule has 0 spiro atoms. The van der Waals surface area contributed by atoms with Crippen LogP contribution >= 0.6 is 0 Å². The number of H-pyrrole nitrogens is 1. The number of anilines is 1. The highest BCUT2D eigenvalue weighted by Crippen LogP contribution is 2.18. The number of aromatic nitrogens is 2. The largest absolute Gasteiger partial charge is 0.378 e. The van der Waals surface area contributed by atoms with Crippen molar-refractivity contribution in [3.63, 3.8) is 0 Å². The quantitative estimate of drug-likeness (QED) is 0.752. The van der Waals surface area contributed by atoms with Crippen LogP contribution in [0.25, 0.3) is 11.3 Å². The van der Waals surface area contributed by atoms with E-state index in [2.05, 4.69) is 15.5 Å². The van der Waals surface area contributed by atoms with E-state index in [1.54, 1.807) is 6.07 Å². The minimum atomic E-state index is -0.164. The first-order chi connectivity index (χ1) is 12.0. The van der Waals surface area contributed by atoms with Crippen LogP contribution in [0.15, 0.2) is 54.6 Å². The fraction of sp³-hybridized carbons (Fsp3) is 0.200. The SMILES string of the molecule is Cc1ccc(-c2cc(C(=O)NCc3ccc(N(C)C)cc3)[nH]n2)cc1. The number of hydrogen-bond donors (Lipinski definition) is 2. The first-order valence-electron chi connectivity index (χ1n) is 8.20. The Morgan fingerprint density at radius 3 is 2.40 bits per heavy atom. The number of benzene rings is 2. The van der Waals surface area contributed by atoms with Crippen molar-refractivity contribution in [2.75, 3.05) is 19.0 Å². The fourth-order valence-electron chi connectivity index (χ4n) is 2.50. The Kier molecular flexibility index (Phi) is 4.84. The van der Waals surface area contributed by atoms with Crippen LogP contribution in [0, 0.1) is 6.92 Å². The monoisotopic (exact) mass is 334 g/mol. The molecule has 0 aliphatic heterocycles.